The van der Waals surface area contributed by atoms with E-state index >= 15 is 0 Å². The number of furan rings is 1. The Hall–Kier alpha value is -4.19. The number of esters is 1. The van der Waals surface area contributed by atoms with Crippen LogP contribution in [0.25, 0.3) is 33.5 Å². The third-order valence-corrected chi connectivity index (χ3v) is 6.31. The van der Waals surface area contributed by atoms with Crippen molar-refractivity contribution in [3.05, 3.63) is 69.9 Å². The molecule has 0 aliphatic carbocycles. The second kappa shape index (κ2) is 10.9. The molecular formula is C29H23Cl2N3O5. The lowest BCUT2D eigenvalue weighted by molar-refractivity contribution is -0.144. The fraction of sp³-hybridized carbons (Fsp3) is 0.207. The zero-order chi connectivity index (χ0) is 28.5. The third-order valence-electron chi connectivity index (χ3n) is 5.75. The number of hydrogen-bond donors (Lipinski definition) is 1. The molecule has 39 heavy (non-hydrogen) atoms. The van der Waals surface area contributed by atoms with Crippen molar-refractivity contribution in [1.82, 2.24) is 4.98 Å². The molecule has 0 aliphatic rings. The highest BCUT2D eigenvalue weighted by Crippen LogP contribution is 2.42. The molecule has 2 aromatic carbocycles. The Morgan fingerprint density at radius 2 is 1.74 bits per heavy atom. The lowest BCUT2D eigenvalue weighted by atomic mass is 9.88. The Morgan fingerprint density at radius 3 is 2.33 bits per heavy atom. The van der Waals surface area contributed by atoms with Crippen LogP contribution >= 0.6 is 23.2 Å². The van der Waals surface area contributed by atoms with Crippen LogP contribution in [0.5, 0.6) is 0 Å². The van der Waals surface area contributed by atoms with Gasteiger partial charge in [-0.25, -0.2) is 4.98 Å². The van der Waals surface area contributed by atoms with Crippen molar-refractivity contribution >= 4 is 57.6 Å². The van der Waals surface area contributed by atoms with E-state index in [1.54, 1.807) is 63.2 Å². The summed E-state index contributed by atoms with van der Waals surface area (Å²) in [6, 6.07) is 15.7. The standard InChI is InChI=1S/C29H23Cl2N3O5/c1-15(35)38-14-23(36)33-25-21-12-20(17-6-8-18(30)9-7-17)24(19-10-5-16(13-32)11-22(19)31)34-28(21)39-26(25)27(37)29(2,3)4/h5-12H,14H2,1-4H3,(H,33,36). The molecule has 8 nitrogen and oxygen atoms in total. The molecule has 1 N–H and O–H groups in total. The Kier molecular flexibility index (Phi) is 7.77. The summed E-state index contributed by atoms with van der Waals surface area (Å²) >= 11 is 12.7. The van der Waals surface area contributed by atoms with E-state index in [0.717, 1.165) is 5.56 Å². The Balaban J connectivity index is 2.00. The number of aromatic nitrogens is 1. The van der Waals surface area contributed by atoms with Gasteiger partial charge in [0.25, 0.3) is 5.91 Å². The van der Waals surface area contributed by atoms with Gasteiger partial charge in [-0.2, -0.15) is 5.26 Å². The number of ketones is 1. The molecule has 2 aromatic heterocycles. The first-order valence-corrected chi connectivity index (χ1v) is 12.6. The number of benzene rings is 2. The summed E-state index contributed by atoms with van der Waals surface area (Å²) in [6.45, 7) is 5.82. The molecule has 0 aliphatic heterocycles. The van der Waals surface area contributed by atoms with Crippen LogP contribution in [0, 0.1) is 16.7 Å². The summed E-state index contributed by atoms with van der Waals surface area (Å²) in [7, 11) is 0. The molecule has 0 atom stereocenters. The summed E-state index contributed by atoms with van der Waals surface area (Å²) in [5.74, 6) is -1.73. The molecule has 10 heteroatoms. The van der Waals surface area contributed by atoms with Crippen molar-refractivity contribution in [1.29, 1.82) is 5.26 Å². The number of rotatable bonds is 6. The number of pyridine rings is 1. The average molecular weight is 564 g/mol. The van der Waals surface area contributed by atoms with E-state index in [2.05, 4.69) is 11.4 Å². The van der Waals surface area contributed by atoms with Crippen LogP contribution in [0.3, 0.4) is 0 Å². The highest BCUT2D eigenvalue weighted by Gasteiger charge is 2.32. The van der Waals surface area contributed by atoms with Crippen molar-refractivity contribution in [3.63, 3.8) is 0 Å². The number of fused-ring (bicyclic) bond motifs is 1. The van der Waals surface area contributed by atoms with E-state index < -0.39 is 23.9 Å². The number of anilines is 1. The first-order valence-electron chi connectivity index (χ1n) is 11.8. The van der Waals surface area contributed by atoms with Crippen LogP contribution in [0.1, 0.15) is 43.8 Å². The molecule has 1 amide bonds. The normalized spacial score (nSPS) is 11.2. The van der Waals surface area contributed by atoms with Crippen LogP contribution in [0.15, 0.2) is 52.9 Å². The fourth-order valence-corrected chi connectivity index (χ4v) is 4.22. The van der Waals surface area contributed by atoms with Gasteiger partial charge in [-0.05, 0) is 42.0 Å². The number of amides is 1. The van der Waals surface area contributed by atoms with Gasteiger partial charge in [0, 0.05) is 28.5 Å². The second-order valence-corrected chi connectivity index (χ2v) is 10.6. The van der Waals surface area contributed by atoms with Crippen LogP contribution in [-0.4, -0.2) is 29.3 Å². The van der Waals surface area contributed by atoms with E-state index in [1.807, 2.05) is 0 Å². The van der Waals surface area contributed by atoms with Crippen molar-refractivity contribution in [2.45, 2.75) is 27.7 Å². The molecule has 0 saturated heterocycles. The number of nitrogens with zero attached hydrogens (tertiary/aromatic N) is 2. The number of nitriles is 1. The molecule has 0 bridgehead atoms. The maximum absolute atomic E-state index is 13.4. The predicted molar refractivity (Wildman–Crippen MR) is 149 cm³/mol. The lowest BCUT2D eigenvalue weighted by Crippen LogP contribution is -2.24. The number of hydrogen-bond acceptors (Lipinski definition) is 7. The van der Waals surface area contributed by atoms with Gasteiger partial charge in [-0.3, -0.25) is 14.4 Å². The van der Waals surface area contributed by atoms with Crippen LogP contribution in [-0.2, 0) is 14.3 Å². The van der Waals surface area contributed by atoms with E-state index in [1.165, 1.54) is 13.0 Å². The molecule has 0 spiro atoms. The average Bonchev–Trinajstić information content (AvgIpc) is 3.22. The number of ether oxygens (including phenoxy) is 1. The molecule has 0 fully saturated rings. The van der Waals surface area contributed by atoms with E-state index in [0.29, 0.717) is 37.8 Å². The first-order chi connectivity index (χ1) is 18.4. The Bertz CT molecular complexity index is 1660. The molecule has 198 valence electrons. The van der Waals surface area contributed by atoms with Gasteiger partial charge in [-0.15, -0.1) is 0 Å². The zero-order valence-corrected chi connectivity index (χ0v) is 23.0. The summed E-state index contributed by atoms with van der Waals surface area (Å²) in [4.78, 5) is 41.9. The van der Waals surface area contributed by atoms with Gasteiger partial charge >= 0.3 is 5.97 Å². The lowest BCUT2D eigenvalue weighted by Gasteiger charge is -2.15. The van der Waals surface area contributed by atoms with Crippen LogP contribution in [0.2, 0.25) is 10.0 Å². The Labute approximate surface area is 234 Å². The molecular weight excluding hydrogens is 541 g/mol. The monoisotopic (exact) mass is 563 g/mol. The SMILES string of the molecule is CC(=O)OCC(=O)Nc1c(C(=O)C(C)(C)C)oc2nc(-c3ccc(C#N)cc3Cl)c(-c3ccc(Cl)cc3)cc12. The number of halogens is 2. The highest BCUT2D eigenvalue weighted by atomic mass is 35.5. The minimum absolute atomic E-state index is 0.0820. The predicted octanol–water partition coefficient (Wildman–Crippen LogP) is 7.07. The first kappa shape index (κ1) is 27.8. The van der Waals surface area contributed by atoms with Gasteiger partial charge in [-0.1, -0.05) is 56.1 Å². The molecule has 0 unspecified atom stereocenters. The van der Waals surface area contributed by atoms with E-state index in [-0.39, 0.29) is 22.9 Å². The van der Waals surface area contributed by atoms with E-state index in [9.17, 15) is 19.6 Å². The van der Waals surface area contributed by atoms with Crippen molar-refractivity contribution in [3.8, 4) is 28.5 Å². The maximum Gasteiger partial charge on any atom is 0.303 e. The number of carbonyl (C=O) groups excluding carboxylic acids is 3. The summed E-state index contributed by atoms with van der Waals surface area (Å²) in [5, 5.41) is 13.1. The molecule has 2 heterocycles. The summed E-state index contributed by atoms with van der Waals surface area (Å²) < 4.78 is 10.8. The largest absolute Gasteiger partial charge is 0.456 e. The molecule has 4 aromatic rings. The van der Waals surface area contributed by atoms with E-state index in [4.69, 9.17) is 37.3 Å². The molecule has 4 rings (SSSR count). The summed E-state index contributed by atoms with van der Waals surface area (Å²) in [6.07, 6.45) is 0. The third kappa shape index (κ3) is 5.95. The van der Waals surface area contributed by atoms with Gasteiger partial charge in [0.15, 0.2) is 12.4 Å². The molecule has 0 saturated carbocycles. The number of Topliss-reactive ketones (excluding diaryl/α,β-unsaturated/α-hetero) is 1. The summed E-state index contributed by atoms with van der Waals surface area (Å²) in [5.41, 5.74) is 2.03. The van der Waals surface area contributed by atoms with Gasteiger partial charge < -0.3 is 14.5 Å². The Morgan fingerprint density at radius 1 is 1.05 bits per heavy atom. The minimum atomic E-state index is -0.846. The fourth-order valence-electron chi connectivity index (χ4n) is 3.82. The van der Waals surface area contributed by atoms with Crippen molar-refractivity contribution in [2.75, 3.05) is 11.9 Å². The van der Waals surface area contributed by atoms with Gasteiger partial charge in [0.05, 0.1) is 27.7 Å². The topological polar surface area (TPSA) is 122 Å². The zero-order valence-electron chi connectivity index (χ0n) is 21.5. The minimum Gasteiger partial charge on any atom is -0.456 e. The van der Waals surface area contributed by atoms with Gasteiger partial charge in [0.2, 0.25) is 11.5 Å². The van der Waals surface area contributed by atoms with Crippen LogP contribution < -0.4 is 5.32 Å². The number of nitrogens with one attached hydrogen (secondary N) is 1. The number of carbonyl (C=O) groups is 3. The smallest absolute Gasteiger partial charge is 0.303 e. The second-order valence-electron chi connectivity index (χ2n) is 9.76. The van der Waals surface area contributed by atoms with Crippen molar-refractivity contribution < 1.29 is 23.5 Å². The highest BCUT2D eigenvalue weighted by molar-refractivity contribution is 6.33. The van der Waals surface area contributed by atoms with Crippen LogP contribution in [0.4, 0.5) is 5.69 Å². The van der Waals surface area contributed by atoms with Crippen molar-refractivity contribution in [2.24, 2.45) is 5.41 Å². The maximum atomic E-state index is 13.4. The van der Waals surface area contributed by atoms with Gasteiger partial charge in [0.1, 0.15) is 5.69 Å². The quantitative estimate of drug-likeness (QED) is 0.196. The molecule has 0 radical (unpaired) electrons.